The zero-order chi connectivity index (χ0) is 14.0. The van der Waals surface area contributed by atoms with Gasteiger partial charge >= 0.3 is 0 Å². The van der Waals surface area contributed by atoms with Crippen LogP contribution in [0, 0.1) is 0 Å². The first-order chi connectivity index (χ1) is 9.08. The summed E-state index contributed by atoms with van der Waals surface area (Å²) in [6, 6.07) is 7.28. The number of nitrogens with zero attached hydrogens (tertiary/aromatic N) is 1. The highest BCUT2D eigenvalue weighted by Gasteiger charge is 2.20. The van der Waals surface area contributed by atoms with Crippen LogP contribution in [0.15, 0.2) is 28.7 Å². The van der Waals surface area contributed by atoms with Crippen LogP contribution in [0.3, 0.4) is 0 Å². The Bertz CT molecular complexity index is 587. The maximum Gasteiger partial charge on any atom is 0.207 e. The molecule has 4 nitrogen and oxygen atoms in total. The number of carbonyl (C=O) groups excluding carboxylic acids is 1. The summed E-state index contributed by atoms with van der Waals surface area (Å²) in [4.78, 5) is 12.8. The number of hydrogen-bond acceptors (Lipinski definition) is 4. The van der Waals surface area contributed by atoms with Gasteiger partial charge in [0, 0.05) is 19.7 Å². The van der Waals surface area contributed by atoms with Crippen LogP contribution < -0.4 is 9.64 Å². The van der Waals surface area contributed by atoms with E-state index in [1.165, 1.54) is 0 Å². The fourth-order valence-electron chi connectivity index (χ4n) is 1.78. The van der Waals surface area contributed by atoms with Crippen molar-refractivity contribution in [2.45, 2.75) is 0 Å². The van der Waals surface area contributed by atoms with Gasteiger partial charge in [-0.05, 0) is 24.3 Å². The molecule has 1 aromatic carbocycles. The van der Waals surface area contributed by atoms with Crippen molar-refractivity contribution < 1.29 is 13.9 Å². The van der Waals surface area contributed by atoms with Crippen molar-refractivity contribution >= 4 is 23.8 Å². The van der Waals surface area contributed by atoms with E-state index in [9.17, 15) is 4.79 Å². The van der Waals surface area contributed by atoms with Gasteiger partial charge in [0.25, 0.3) is 0 Å². The second-order valence-electron chi connectivity index (χ2n) is 4.20. The van der Waals surface area contributed by atoms with Gasteiger partial charge in [0.2, 0.25) is 5.88 Å². The number of benzene rings is 1. The molecular weight excluding hydrogens is 266 g/mol. The molecule has 0 radical (unpaired) electrons. The standard InChI is InChI=1S/C14H14ClNO3/c1-16(2)14-11(8-17)12(15)13(19-14)9-4-6-10(18-3)7-5-9/h4-8H,1-3H3. The second kappa shape index (κ2) is 5.36. The monoisotopic (exact) mass is 279 g/mol. The van der Waals surface area contributed by atoms with Crippen LogP contribution >= 0.6 is 11.6 Å². The van der Waals surface area contributed by atoms with Crippen LogP contribution in [0.4, 0.5) is 5.88 Å². The molecule has 1 aromatic heterocycles. The highest BCUT2D eigenvalue weighted by molar-refractivity contribution is 6.36. The number of rotatable bonds is 4. The Morgan fingerprint density at radius 3 is 2.32 bits per heavy atom. The number of furan rings is 1. The number of carbonyl (C=O) groups is 1. The Hall–Kier alpha value is -1.94. The van der Waals surface area contributed by atoms with Crippen LogP contribution in [0.1, 0.15) is 10.4 Å². The van der Waals surface area contributed by atoms with E-state index in [4.69, 9.17) is 20.8 Å². The van der Waals surface area contributed by atoms with E-state index in [-0.39, 0.29) is 0 Å². The Morgan fingerprint density at radius 1 is 1.26 bits per heavy atom. The Balaban J connectivity index is 2.52. The minimum Gasteiger partial charge on any atom is -0.497 e. The summed E-state index contributed by atoms with van der Waals surface area (Å²) in [6.07, 6.45) is 0.703. The Morgan fingerprint density at radius 2 is 1.89 bits per heavy atom. The SMILES string of the molecule is COc1ccc(-c2oc(N(C)C)c(C=O)c2Cl)cc1. The lowest BCUT2D eigenvalue weighted by Gasteiger charge is -2.08. The van der Waals surface area contributed by atoms with Crippen molar-refractivity contribution in [3.8, 4) is 17.1 Å². The van der Waals surface area contributed by atoms with Crippen molar-refractivity contribution in [1.29, 1.82) is 0 Å². The first kappa shape index (κ1) is 13.5. The molecule has 100 valence electrons. The maximum atomic E-state index is 11.1. The van der Waals surface area contributed by atoms with Gasteiger partial charge in [-0.15, -0.1) is 0 Å². The van der Waals surface area contributed by atoms with Gasteiger partial charge in [-0.3, -0.25) is 4.79 Å². The smallest absolute Gasteiger partial charge is 0.207 e. The molecule has 0 N–H and O–H groups in total. The van der Waals surface area contributed by atoms with Crippen molar-refractivity contribution in [1.82, 2.24) is 0 Å². The summed E-state index contributed by atoms with van der Waals surface area (Å²) in [7, 11) is 5.18. The van der Waals surface area contributed by atoms with E-state index >= 15 is 0 Å². The number of hydrogen-bond donors (Lipinski definition) is 0. The summed E-state index contributed by atoms with van der Waals surface area (Å²) in [6.45, 7) is 0. The topological polar surface area (TPSA) is 42.7 Å². The lowest BCUT2D eigenvalue weighted by Crippen LogP contribution is -2.09. The van der Waals surface area contributed by atoms with Crippen LogP contribution in [-0.4, -0.2) is 27.5 Å². The fourth-order valence-corrected chi connectivity index (χ4v) is 2.05. The molecule has 0 unspecified atom stereocenters. The molecule has 0 spiro atoms. The number of halogens is 1. The molecule has 19 heavy (non-hydrogen) atoms. The summed E-state index contributed by atoms with van der Waals surface area (Å²) in [5, 5.41) is 0.323. The Kier molecular flexibility index (Phi) is 3.81. The van der Waals surface area contributed by atoms with Gasteiger partial charge in [0.1, 0.15) is 5.75 Å². The van der Waals surface area contributed by atoms with Crippen molar-refractivity contribution in [2.24, 2.45) is 0 Å². The van der Waals surface area contributed by atoms with E-state index in [1.54, 1.807) is 26.1 Å². The van der Waals surface area contributed by atoms with Gasteiger partial charge < -0.3 is 14.1 Å². The number of anilines is 1. The molecular formula is C14H14ClNO3. The van der Waals surface area contributed by atoms with E-state index in [2.05, 4.69) is 0 Å². The van der Waals surface area contributed by atoms with Crippen molar-refractivity contribution in [3.05, 3.63) is 34.9 Å². The molecule has 0 fully saturated rings. The summed E-state index contributed by atoms with van der Waals surface area (Å²) in [5.74, 6) is 1.68. The molecule has 0 aliphatic heterocycles. The normalized spacial score (nSPS) is 10.3. The van der Waals surface area contributed by atoms with Gasteiger partial charge in [0.05, 0.1) is 17.7 Å². The first-order valence-electron chi connectivity index (χ1n) is 5.67. The zero-order valence-electron chi connectivity index (χ0n) is 10.9. The number of methoxy groups -OCH3 is 1. The highest BCUT2D eigenvalue weighted by Crippen LogP contribution is 2.38. The summed E-state index contributed by atoms with van der Waals surface area (Å²) >= 11 is 6.20. The number of aldehydes is 1. The van der Waals surface area contributed by atoms with E-state index in [1.807, 2.05) is 24.3 Å². The zero-order valence-corrected chi connectivity index (χ0v) is 11.7. The van der Waals surface area contributed by atoms with Crippen molar-refractivity contribution in [2.75, 3.05) is 26.1 Å². The molecule has 0 saturated carbocycles. The van der Waals surface area contributed by atoms with Gasteiger partial charge in [-0.25, -0.2) is 0 Å². The minimum absolute atomic E-state index is 0.323. The van der Waals surface area contributed by atoms with Gasteiger partial charge in [0.15, 0.2) is 12.0 Å². The van der Waals surface area contributed by atoms with E-state index in [0.29, 0.717) is 28.5 Å². The second-order valence-corrected chi connectivity index (χ2v) is 4.58. The average molecular weight is 280 g/mol. The predicted octanol–water partition coefficient (Wildman–Crippen LogP) is 3.49. The molecule has 0 atom stereocenters. The summed E-state index contributed by atoms with van der Waals surface area (Å²) < 4.78 is 10.8. The lowest BCUT2D eigenvalue weighted by atomic mass is 10.1. The summed E-state index contributed by atoms with van der Waals surface area (Å²) in [5.41, 5.74) is 1.15. The minimum atomic E-state index is 0.323. The number of ether oxygens (including phenoxy) is 1. The highest BCUT2D eigenvalue weighted by atomic mass is 35.5. The molecule has 5 heteroatoms. The maximum absolute atomic E-state index is 11.1. The van der Waals surface area contributed by atoms with Gasteiger partial charge in [-0.1, -0.05) is 11.6 Å². The molecule has 0 aliphatic carbocycles. The fraction of sp³-hybridized carbons (Fsp3) is 0.214. The third kappa shape index (κ3) is 2.44. The molecule has 0 bridgehead atoms. The average Bonchev–Trinajstić information content (AvgIpc) is 2.76. The predicted molar refractivity (Wildman–Crippen MR) is 75.4 cm³/mol. The third-order valence-corrected chi connectivity index (χ3v) is 3.12. The Labute approximate surface area is 116 Å². The largest absolute Gasteiger partial charge is 0.497 e. The molecule has 2 rings (SSSR count). The molecule has 0 aliphatic rings. The molecule has 0 amide bonds. The van der Waals surface area contributed by atoms with Crippen molar-refractivity contribution in [3.63, 3.8) is 0 Å². The van der Waals surface area contributed by atoms with E-state index in [0.717, 1.165) is 11.3 Å². The van der Waals surface area contributed by atoms with Gasteiger partial charge in [-0.2, -0.15) is 0 Å². The van der Waals surface area contributed by atoms with E-state index < -0.39 is 0 Å². The van der Waals surface area contributed by atoms with Crippen LogP contribution in [-0.2, 0) is 0 Å². The third-order valence-electron chi connectivity index (χ3n) is 2.74. The molecule has 2 aromatic rings. The first-order valence-corrected chi connectivity index (χ1v) is 6.05. The van der Waals surface area contributed by atoms with Crippen LogP contribution in [0.25, 0.3) is 11.3 Å². The molecule has 0 saturated heterocycles. The quantitative estimate of drug-likeness (QED) is 0.804. The van der Waals surface area contributed by atoms with Crippen LogP contribution in [0.2, 0.25) is 5.02 Å². The molecule has 1 heterocycles. The lowest BCUT2D eigenvalue weighted by molar-refractivity contribution is 0.112. The van der Waals surface area contributed by atoms with Crippen LogP contribution in [0.5, 0.6) is 5.75 Å².